The van der Waals surface area contributed by atoms with Crippen molar-refractivity contribution in [2.75, 3.05) is 19.6 Å². The standard InChI is InChI=1S/C51H72N14O11/c1-29(66)61-36(17-10-22-59-51(55)56)46(72)65-40-27-44(70)57-20-8-7-16-38(49(75)76)63-45(71)32(24-33-28-60-35-15-6-5-14-34(33)35)26-41(67)31(13-9-21-58-50(53)54)25-42(68)39(23-30-11-3-2-4-12-30)64-47(73)37(62-48(40)74)18-19-43(52)69/h2-6,11-12,14-15,28,31-32,36-40,60H,7-10,13,16-27H2,1H3,(H2,52,69)(H,57,70)(H,61,66)(H,62,74)(H,63,71)(H,64,73)(H,65,72)(H,75,76)(H4,53,54,58)(H4,55,56,59)/t31-,32-,36+,37+,38+,39-,40+/m1/s1. The van der Waals surface area contributed by atoms with Crippen LogP contribution >= 0.6 is 0 Å². The topological polar surface area (TPSA) is 434 Å². The van der Waals surface area contributed by atoms with Gasteiger partial charge in [0.2, 0.25) is 41.4 Å². The lowest BCUT2D eigenvalue weighted by Gasteiger charge is -2.27. The Balaban J connectivity index is 1.79. The number of carbonyl (C=O) groups is 10. The molecule has 76 heavy (non-hydrogen) atoms. The van der Waals surface area contributed by atoms with Crippen LogP contribution in [0.2, 0.25) is 0 Å². The monoisotopic (exact) mass is 1060 g/mol. The van der Waals surface area contributed by atoms with E-state index >= 15 is 0 Å². The lowest BCUT2D eigenvalue weighted by molar-refractivity contribution is -0.143. The highest BCUT2D eigenvalue weighted by molar-refractivity contribution is 5.99. The molecule has 1 aliphatic heterocycles. The van der Waals surface area contributed by atoms with Crippen molar-refractivity contribution in [3.05, 3.63) is 71.9 Å². The summed E-state index contributed by atoms with van der Waals surface area (Å²) in [5, 5.41) is 26.5. The van der Waals surface area contributed by atoms with Crippen molar-refractivity contribution in [1.82, 2.24) is 36.9 Å². The molecule has 0 unspecified atom stereocenters. The molecule has 2 heterocycles. The van der Waals surface area contributed by atoms with E-state index in [2.05, 4.69) is 46.9 Å². The fourth-order valence-electron chi connectivity index (χ4n) is 8.74. The summed E-state index contributed by atoms with van der Waals surface area (Å²) in [6.45, 7) is 1.30. The van der Waals surface area contributed by atoms with E-state index in [4.69, 9.17) is 28.7 Å². The second-order valence-corrected chi connectivity index (χ2v) is 18.8. The number of aromatic nitrogens is 1. The van der Waals surface area contributed by atoms with Crippen molar-refractivity contribution in [3.8, 4) is 0 Å². The van der Waals surface area contributed by atoms with Gasteiger partial charge in [0.05, 0.1) is 12.5 Å². The van der Waals surface area contributed by atoms with Gasteiger partial charge in [0, 0.05) is 74.8 Å². The molecule has 1 aliphatic rings. The van der Waals surface area contributed by atoms with Crippen LogP contribution in [0.15, 0.2) is 70.8 Å². The predicted octanol–water partition coefficient (Wildman–Crippen LogP) is -1.30. The lowest BCUT2D eigenvalue weighted by Crippen LogP contribution is -2.58. The van der Waals surface area contributed by atoms with Crippen LogP contribution in [0.25, 0.3) is 10.9 Å². The van der Waals surface area contributed by atoms with E-state index in [1.807, 2.05) is 24.3 Å². The minimum absolute atomic E-state index is 0.00549. The first kappa shape index (κ1) is 60.2. The summed E-state index contributed by atoms with van der Waals surface area (Å²) in [4.78, 5) is 148. The van der Waals surface area contributed by atoms with Gasteiger partial charge in [0.25, 0.3) is 0 Å². The molecule has 0 aliphatic carbocycles. The molecule has 2 aromatic carbocycles. The molecule has 3 aromatic rings. The number of aliphatic carboxylic acids is 1. The minimum atomic E-state index is -1.71. The van der Waals surface area contributed by atoms with Gasteiger partial charge in [-0.3, -0.25) is 53.1 Å². The van der Waals surface area contributed by atoms with E-state index in [-0.39, 0.29) is 89.3 Å². The molecule has 4 rings (SSSR count). The summed E-state index contributed by atoms with van der Waals surface area (Å²) in [6.07, 6.45) is -0.0391. The number of amides is 7. The first-order valence-electron chi connectivity index (χ1n) is 25.2. The van der Waals surface area contributed by atoms with Gasteiger partial charge < -0.3 is 70.7 Å². The number of primary amides is 1. The van der Waals surface area contributed by atoms with Crippen molar-refractivity contribution in [3.63, 3.8) is 0 Å². The van der Waals surface area contributed by atoms with Crippen LogP contribution in [0.1, 0.15) is 95.1 Å². The molecule has 25 nitrogen and oxygen atoms in total. The Morgan fingerprint density at radius 3 is 2.05 bits per heavy atom. The number of benzene rings is 2. The molecule has 1 fully saturated rings. The molecule has 0 bridgehead atoms. The maximum atomic E-state index is 14.7. The van der Waals surface area contributed by atoms with Gasteiger partial charge >= 0.3 is 5.97 Å². The number of hydrogen-bond donors (Lipinski definition) is 13. The van der Waals surface area contributed by atoms with Gasteiger partial charge in [-0.1, -0.05) is 48.5 Å². The number of Topliss-reactive ketones (excluding diaryl/α,β-unsaturated/α-hetero) is 2. The lowest BCUT2D eigenvalue weighted by atomic mass is 9.83. The smallest absolute Gasteiger partial charge is 0.326 e. The van der Waals surface area contributed by atoms with E-state index in [0.717, 1.165) is 10.9 Å². The summed E-state index contributed by atoms with van der Waals surface area (Å²) >= 11 is 0. The van der Waals surface area contributed by atoms with E-state index in [1.54, 1.807) is 36.5 Å². The van der Waals surface area contributed by atoms with E-state index in [9.17, 15) is 53.1 Å². The summed E-state index contributed by atoms with van der Waals surface area (Å²) in [5.74, 6) is -10.9. The number of aliphatic imine (C=N–C) groups is 2. The largest absolute Gasteiger partial charge is 0.480 e. The molecule has 412 valence electrons. The SMILES string of the molecule is CC(=O)N[C@@H](CCCN=C(N)N)C(=O)N[C@H]1CC(=O)NCCCC[C@@H](C(=O)O)NC(=O)[C@H](Cc2c[nH]c3ccccc23)CC(=O)[C@H](CCCN=C(N)N)CC(=O)[C@@H](Cc2ccccc2)NC(=O)[C@H](CCC(N)=O)NC1=O. The van der Waals surface area contributed by atoms with Crippen molar-refractivity contribution < 1.29 is 53.1 Å². The first-order chi connectivity index (χ1) is 36.2. The van der Waals surface area contributed by atoms with E-state index in [0.29, 0.717) is 11.1 Å². The molecule has 18 N–H and O–H groups in total. The Morgan fingerprint density at radius 1 is 0.724 bits per heavy atom. The molecule has 0 spiro atoms. The number of fused-ring (bicyclic) bond motifs is 1. The number of nitrogens with two attached hydrogens (primary N) is 5. The third kappa shape index (κ3) is 20.9. The van der Waals surface area contributed by atoms with Crippen molar-refractivity contribution in [2.45, 2.75) is 127 Å². The number of guanidine groups is 2. The van der Waals surface area contributed by atoms with E-state index < -0.39 is 133 Å². The fraction of sp³-hybridized carbons (Fsp3) is 0.490. The molecule has 7 atom stereocenters. The zero-order valence-electron chi connectivity index (χ0n) is 42.6. The number of carboxylic acid groups (broad SMARTS) is 1. The molecular formula is C51H72N14O11. The molecule has 0 saturated carbocycles. The Kier molecular flexibility index (Phi) is 24.3. The second-order valence-electron chi connectivity index (χ2n) is 18.8. The average Bonchev–Trinajstić information content (AvgIpc) is 3.77. The number of carbonyl (C=O) groups excluding carboxylic acids is 9. The highest BCUT2D eigenvalue weighted by atomic mass is 16.4. The minimum Gasteiger partial charge on any atom is -0.480 e. The van der Waals surface area contributed by atoms with Crippen LogP contribution in [0.3, 0.4) is 0 Å². The summed E-state index contributed by atoms with van der Waals surface area (Å²) in [7, 11) is 0. The zero-order valence-corrected chi connectivity index (χ0v) is 42.6. The van der Waals surface area contributed by atoms with Gasteiger partial charge in [-0.15, -0.1) is 0 Å². The van der Waals surface area contributed by atoms with Gasteiger partial charge in [-0.2, -0.15) is 0 Å². The van der Waals surface area contributed by atoms with Gasteiger partial charge in [-0.05, 0) is 81.4 Å². The number of nitrogens with one attached hydrogen (secondary N) is 7. The number of hydrogen-bond acceptors (Lipinski definition) is 12. The van der Waals surface area contributed by atoms with Crippen LogP contribution < -0.4 is 60.6 Å². The third-order valence-corrected chi connectivity index (χ3v) is 12.7. The third-order valence-electron chi connectivity index (χ3n) is 12.7. The van der Waals surface area contributed by atoms with Crippen LogP contribution in [0.5, 0.6) is 0 Å². The summed E-state index contributed by atoms with van der Waals surface area (Å²) < 4.78 is 0. The Labute approximate surface area is 439 Å². The fourth-order valence-corrected chi connectivity index (χ4v) is 8.74. The van der Waals surface area contributed by atoms with Crippen molar-refractivity contribution in [1.29, 1.82) is 0 Å². The molecule has 1 saturated heterocycles. The van der Waals surface area contributed by atoms with Crippen LogP contribution in [-0.4, -0.2) is 131 Å². The Hall–Kier alpha value is -8.38. The highest BCUT2D eigenvalue weighted by Gasteiger charge is 2.36. The highest BCUT2D eigenvalue weighted by Crippen LogP contribution is 2.26. The predicted molar refractivity (Wildman–Crippen MR) is 281 cm³/mol. The average molecular weight is 1060 g/mol. The second kappa shape index (κ2) is 30.7. The van der Waals surface area contributed by atoms with Crippen LogP contribution in [-0.2, 0) is 60.8 Å². The molecule has 7 amide bonds. The zero-order chi connectivity index (χ0) is 55.7. The van der Waals surface area contributed by atoms with Crippen LogP contribution in [0, 0.1) is 11.8 Å². The summed E-state index contributed by atoms with van der Waals surface area (Å²) in [5.41, 5.74) is 29.6. The maximum absolute atomic E-state index is 14.7. The normalized spacial score (nSPS) is 21.1. The van der Waals surface area contributed by atoms with Gasteiger partial charge in [0.1, 0.15) is 30.0 Å². The number of aromatic amines is 1. The van der Waals surface area contributed by atoms with Crippen LogP contribution in [0.4, 0.5) is 0 Å². The number of para-hydroxylation sites is 1. The number of rotatable bonds is 19. The molecule has 25 heteroatoms. The molecular weight excluding hydrogens is 985 g/mol. The number of H-pyrrole nitrogens is 1. The quantitative estimate of drug-likeness (QED) is 0.0377. The van der Waals surface area contributed by atoms with Gasteiger partial charge in [-0.25, -0.2) is 4.79 Å². The number of ketones is 2. The number of nitrogens with zero attached hydrogens (tertiary/aromatic N) is 2. The Bertz CT molecular complexity index is 2580. The summed E-state index contributed by atoms with van der Waals surface area (Å²) in [6, 6.07) is 8.59. The van der Waals surface area contributed by atoms with Crippen molar-refractivity contribution >= 4 is 81.7 Å². The molecule has 1 aromatic heterocycles. The van der Waals surface area contributed by atoms with Gasteiger partial charge in [0.15, 0.2) is 17.7 Å². The van der Waals surface area contributed by atoms with E-state index in [1.165, 1.54) is 6.92 Å². The first-order valence-corrected chi connectivity index (χ1v) is 25.2. The Morgan fingerprint density at radius 2 is 1.38 bits per heavy atom. The number of carboxylic acids is 1. The maximum Gasteiger partial charge on any atom is 0.326 e. The molecule has 0 radical (unpaired) electrons. The van der Waals surface area contributed by atoms with Crippen molar-refractivity contribution in [2.24, 2.45) is 50.5 Å².